The minimum atomic E-state index is 0.763. The molecule has 1 aliphatic heterocycles. The summed E-state index contributed by atoms with van der Waals surface area (Å²) in [7, 11) is 2.23. The highest BCUT2D eigenvalue weighted by Crippen LogP contribution is 2.25. The maximum Gasteiger partial charge on any atom is 0.0452 e. The van der Waals surface area contributed by atoms with Crippen LogP contribution in [0.2, 0.25) is 10.0 Å². The van der Waals surface area contributed by atoms with E-state index in [-0.39, 0.29) is 0 Å². The van der Waals surface area contributed by atoms with Crippen LogP contribution in [0.4, 0.5) is 0 Å². The van der Waals surface area contributed by atoms with Crippen molar-refractivity contribution >= 4 is 34.5 Å². The largest absolute Gasteiger partial charge is 0.302 e. The molecule has 0 bridgehead atoms. The summed E-state index contributed by atoms with van der Waals surface area (Å²) in [5, 5.41) is 5.98. The minimum absolute atomic E-state index is 0.763. The molecule has 2 aromatic rings. The molecule has 1 aromatic carbocycles. The molecular weight excluding hydrogens is 359 g/mol. The van der Waals surface area contributed by atoms with Gasteiger partial charge in [0.25, 0.3) is 0 Å². The maximum atomic E-state index is 6.29. The average molecular weight is 383 g/mol. The Kier molecular flexibility index (Phi) is 6.59. The van der Waals surface area contributed by atoms with E-state index in [1.807, 2.05) is 18.2 Å². The fraction of sp³-hybridized carbons (Fsp3) is 0.474. The third-order valence-corrected chi connectivity index (χ3v) is 6.05. The van der Waals surface area contributed by atoms with Crippen molar-refractivity contribution in [2.24, 2.45) is 5.92 Å². The van der Waals surface area contributed by atoms with Crippen molar-refractivity contribution in [2.45, 2.75) is 25.9 Å². The van der Waals surface area contributed by atoms with E-state index in [1.54, 1.807) is 11.3 Å². The fourth-order valence-electron chi connectivity index (χ4n) is 3.43. The molecule has 0 radical (unpaired) electrons. The smallest absolute Gasteiger partial charge is 0.0452 e. The topological polar surface area (TPSA) is 6.48 Å². The quantitative estimate of drug-likeness (QED) is 0.659. The summed E-state index contributed by atoms with van der Waals surface area (Å²) in [6, 6.07) is 7.96. The zero-order valence-corrected chi connectivity index (χ0v) is 16.4. The van der Waals surface area contributed by atoms with Crippen LogP contribution in [0.1, 0.15) is 24.0 Å². The molecule has 1 fully saturated rings. The molecule has 2 heterocycles. The molecular formula is C19H24Cl2N2S. The lowest BCUT2D eigenvalue weighted by molar-refractivity contribution is 0.147. The molecule has 0 amide bonds. The molecule has 0 aliphatic carbocycles. The van der Waals surface area contributed by atoms with Gasteiger partial charge in [0, 0.05) is 29.7 Å². The van der Waals surface area contributed by atoms with Gasteiger partial charge in [0.2, 0.25) is 0 Å². The zero-order chi connectivity index (χ0) is 16.9. The van der Waals surface area contributed by atoms with Crippen LogP contribution in [0.15, 0.2) is 35.0 Å². The molecule has 0 unspecified atom stereocenters. The van der Waals surface area contributed by atoms with E-state index in [0.717, 1.165) is 47.7 Å². The molecule has 5 heteroatoms. The average Bonchev–Trinajstić information content (AvgIpc) is 3.05. The van der Waals surface area contributed by atoms with Crippen LogP contribution >= 0.6 is 34.5 Å². The summed E-state index contributed by atoms with van der Waals surface area (Å²) in [4.78, 5) is 4.95. The number of hydrogen-bond donors (Lipinski definition) is 0. The van der Waals surface area contributed by atoms with Gasteiger partial charge in [-0.2, -0.15) is 11.3 Å². The fourth-order valence-corrected chi connectivity index (χ4v) is 4.46. The SMILES string of the molecule is CN(Cc1ccsc1)CC1CCN(Cc2cc(Cl)ccc2Cl)CC1. The van der Waals surface area contributed by atoms with Gasteiger partial charge >= 0.3 is 0 Å². The van der Waals surface area contributed by atoms with Crippen molar-refractivity contribution in [3.05, 3.63) is 56.2 Å². The highest BCUT2D eigenvalue weighted by Gasteiger charge is 2.21. The third kappa shape index (κ3) is 5.21. The molecule has 3 rings (SSSR count). The van der Waals surface area contributed by atoms with E-state index in [9.17, 15) is 0 Å². The second kappa shape index (κ2) is 8.68. The van der Waals surface area contributed by atoms with E-state index in [0.29, 0.717) is 0 Å². The Morgan fingerprint density at radius 1 is 1.21 bits per heavy atom. The molecule has 0 atom stereocenters. The van der Waals surface area contributed by atoms with E-state index < -0.39 is 0 Å². The van der Waals surface area contributed by atoms with Gasteiger partial charge in [-0.1, -0.05) is 23.2 Å². The molecule has 24 heavy (non-hydrogen) atoms. The number of piperidine rings is 1. The number of nitrogens with zero attached hydrogens (tertiary/aromatic N) is 2. The van der Waals surface area contributed by atoms with Crippen LogP contribution in [0.3, 0.4) is 0 Å². The molecule has 2 nitrogen and oxygen atoms in total. The van der Waals surface area contributed by atoms with E-state index in [4.69, 9.17) is 23.2 Å². The zero-order valence-electron chi connectivity index (χ0n) is 14.0. The molecule has 1 saturated heterocycles. The summed E-state index contributed by atoms with van der Waals surface area (Å²) in [5.41, 5.74) is 2.56. The van der Waals surface area contributed by atoms with Gasteiger partial charge in [-0.3, -0.25) is 4.90 Å². The Balaban J connectivity index is 1.44. The lowest BCUT2D eigenvalue weighted by Crippen LogP contribution is -2.37. The summed E-state index contributed by atoms with van der Waals surface area (Å²) < 4.78 is 0. The Labute approximate surface area is 159 Å². The van der Waals surface area contributed by atoms with Gasteiger partial charge < -0.3 is 4.90 Å². The lowest BCUT2D eigenvalue weighted by Gasteiger charge is -2.34. The van der Waals surface area contributed by atoms with Crippen molar-refractivity contribution in [1.82, 2.24) is 9.80 Å². The molecule has 0 saturated carbocycles. The van der Waals surface area contributed by atoms with Crippen LogP contribution < -0.4 is 0 Å². The maximum absolute atomic E-state index is 6.29. The van der Waals surface area contributed by atoms with Crippen LogP contribution in [-0.4, -0.2) is 36.5 Å². The van der Waals surface area contributed by atoms with Crippen molar-refractivity contribution in [3.63, 3.8) is 0 Å². The van der Waals surface area contributed by atoms with Gasteiger partial charge in [-0.15, -0.1) is 0 Å². The Bertz CT molecular complexity index is 637. The van der Waals surface area contributed by atoms with E-state index >= 15 is 0 Å². The van der Waals surface area contributed by atoms with Crippen molar-refractivity contribution in [2.75, 3.05) is 26.7 Å². The Morgan fingerprint density at radius 2 is 2.00 bits per heavy atom. The highest BCUT2D eigenvalue weighted by atomic mass is 35.5. The van der Waals surface area contributed by atoms with Crippen LogP contribution in [0.5, 0.6) is 0 Å². The first-order valence-electron chi connectivity index (χ1n) is 8.46. The number of thiophene rings is 1. The number of likely N-dealkylation sites (tertiary alicyclic amines) is 1. The molecule has 130 valence electrons. The molecule has 1 aliphatic rings. The molecule has 0 spiro atoms. The predicted octanol–water partition coefficient (Wildman–Crippen LogP) is 5.40. The van der Waals surface area contributed by atoms with Gasteiger partial charge in [0.1, 0.15) is 0 Å². The van der Waals surface area contributed by atoms with Crippen LogP contribution in [0.25, 0.3) is 0 Å². The summed E-state index contributed by atoms with van der Waals surface area (Å²) >= 11 is 14.2. The number of rotatable bonds is 6. The van der Waals surface area contributed by atoms with Gasteiger partial charge in [-0.25, -0.2) is 0 Å². The highest BCUT2D eigenvalue weighted by molar-refractivity contribution is 7.07. The van der Waals surface area contributed by atoms with Crippen molar-refractivity contribution in [1.29, 1.82) is 0 Å². The van der Waals surface area contributed by atoms with Gasteiger partial charge in [0.15, 0.2) is 0 Å². The summed E-state index contributed by atoms with van der Waals surface area (Å²) in [6.45, 7) is 5.42. The first kappa shape index (κ1) is 18.2. The normalized spacial score (nSPS) is 16.8. The van der Waals surface area contributed by atoms with Crippen LogP contribution in [-0.2, 0) is 13.1 Å². The summed E-state index contributed by atoms with van der Waals surface area (Å²) in [5.74, 6) is 0.791. The number of hydrogen-bond acceptors (Lipinski definition) is 3. The van der Waals surface area contributed by atoms with Crippen molar-refractivity contribution < 1.29 is 0 Å². The van der Waals surface area contributed by atoms with Crippen molar-refractivity contribution in [3.8, 4) is 0 Å². The van der Waals surface area contributed by atoms with Crippen LogP contribution in [0, 0.1) is 5.92 Å². The number of halogens is 2. The molecule has 1 aromatic heterocycles. The lowest BCUT2D eigenvalue weighted by atomic mass is 9.96. The van der Waals surface area contributed by atoms with E-state index in [1.165, 1.54) is 24.9 Å². The Morgan fingerprint density at radius 3 is 2.71 bits per heavy atom. The Hall–Kier alpha value is -0.580. The first-order chi connectivity index (χ1) is 11.6. The third-order valence-electron chi connectivity index (χ3n) is 4.71. The van der Waals surface area contributed by atoms with E-state index in [2.05, 4.69) is 33.7 Å². The standard InChI is InChI=1S/C19H24Cl2N2S/c1-22(12-16-6-9-24-14-16)11-15-4-7-23(8-5-15)13-17-10-18(20)2-3-19(17)21/h2-3,6,9-10,14-15H,4-5,7-8,11-13H2,1H3. The number of benzene rings is 1. The minimum Gasteiger partial charge on any atom is -0.302 e. The second-order valence-corrected chi connectivity index (χ2v) is 8.41. The second-order valence-electron chi connectivity index (χ2n) is 6.78. The predicted molar refractivity (Wildman–Crippen MR) is 105 cm³/mol. The monoisotopic (exact) mass is 382 g/mol. The van der Waals surface area contributed by atoms with Gasteiger partial charge in [0.05, 0.1) is 0 Å². The molecule has 0 N–H and O–H groups in total. The first-order valence-corrected chi connectivity index (χ1v) is 10.2. The van der Waals surface area contributed by atoms with Gasteiger partial charge in [-0.05, 0) is 85.0 Å². The summed E-state index contributed by atoms with van der Waals surface area (Å²) in [6.07, 6.45) is 2.51.